The number of halogens is 2. The van der Waals surface area contributed by atoms with Gasteiger partial charge in [-0.1, -0.05) is 0 Å². The van der Waals surface area contributed by atoms with Gasteiger partial charge in [-0.25, -0.2) is 17.5 Å². The molecule has 0 fully saturated rings. The van der Waals surface area contributed by atoms with Crippen molar-refractivity contribution >= 4 is 31.9 Å². The van der Waals surface area contributed by atoms with Crippen LogP contribution in [-0.4, -0.2) is 19.9 Å². The van der Waals surface area contributed by atoms with Crippen LogP contribution in [0, 0.1) is 5.82 Å². The highest BCUT2D eigenvalue weighted by atomic mass is 79.9. The standard InChI is InChI=1S/C11H14BrFN2O3S/c1-11(2,6-10(14)16)15-19(17,18)9-4-3-7(13)5-8(9)12/h3-5,15H,6H2,1-2H3,(H2,14,16). The second-order valence-electron chi connectivity index (χ2n) is 4.71. The maximum absolute atomic E-state index is 12.9. The highest BCUT2D eigenvalue weighted by molar-refractivity contribution is 9.10. The molecule has 8 heteroatoms. The van der Waals surface area contributed by atoms with E-state index in [2.05, 4.69) is 20.7 Å². The zero-order chi connectivity index (χ0) is 14.8. The number of primary amides is 1. The van der Waals surface area contributed by atoms with E-state index in [1.165, 1.54) is 13.8 Å². The number of sulfonamides is 1. The van der Waals surface area contributed by atoms with Crippen LogP contribution in [-0.2, 0) is 14.8 Å². The van der Waals surface area contributed by atoms with E-state index in [0.717, 1.165) is 18.2 Å². The van der Waals surface area contributed by atoms with Gasteiger partial charge in [0.05, 0.1) is 4.90 Å². The van der Waals surface area contributed by atoms with Crippen molar-refractivity contribution in [2.45, 2.75) is 30.7 Å². The summed E-state index contributed by atoms with van der Waals surface area (Å²) in [5.74, 6) is -1.17. The quantitative estimate of drug-likeness (QED) is 0.841. The summed E-state index contributed by atoms with van der Waals surface area (Å²) in [5, 5.41) is 0. The average molecular weight is 353 g/mol. The van der Waals surface area contributed by atoms with E-state index in [4.69, 9.17) is 5.73 Å². The molecule has 5 nitrogen and oxygen atoms in total. The minimum absolute atomic E-state index is 0.105. The molecule has 3 N–H and O–H groups in total. The van der Waals surface area contributed by atoms with Gasteiger partial charge in [-0.15, -0.1) is 0 Å². The third kappa shape index (κ3) is 4.55. The Hall–Kier alpha value is -0.990. The van der Waals surface area contributed by atoms with E-state index in [0.29, 0.717) is 0 Å². The molecule has 19 heavy (non-hydrogen) atoms. The fourth-order valence-corrected chi connectivity index (χ4v) is 4.05. The van der Waals surface area contributed by atoms with Crippen LogP contribution in [0.25, 0.3) is 0 Å². The van der Waals surface area contributed by atoms with E-state index in [1.54, 1.807) is 0 Å². The van der Waals surface area contributed by atoms with Crippen LogP contribution in [0.15, 0.2) is 27.6 Å². The summed E-state index contributed by atoms with van der Waals surface area (Å²) in [6.07, 6.45) is -0.148. The largest absolute Gasteiger partial charge is 0.370 e. The van der Waals surface area contributed by atoms with Crippen molar-refractivity contribution in [3.8, 4) is 0 Å². The van der Waals surface area contributed by atoms with Crippen LogP contribution in [0.2, 0.25) is 0 Å². The molecule has 0 bridgehead atoms. The van der Waals surface area contributed by atoms with Gasteiger partial charge in [-0.3, -0.25) is 4.79 Å². The Labute approximate surface area is 119 Å². The molecule has 0 atom stereocenters. The molecule has 0 radical (unpaired) electrons. The molecule has 0 heterocycles. The molecule has 1 rings (SSSR count). The van der Waals surface area contributed by atoms with Crippen molar-refractivity contribution in [2.24, 2.45) is 5.73 Å². The molecule has 0 saturated carbocycles. The number of nitrogens with two attached hydrogens (primary N) is 1. The Bertz CT molecular complexity index is 602. The van der Waals surface area contributed by atoms with Gasteiger partial charge in [-0.05, 0) is 48.0 Å². The monoisotopic (exact) mass is 352 g/mol. The lowest BCUT2D eigenvalue weighted by atomic mass is 10.0. The normalized spacial score (nSPS) is 12.4. The summed E-state index contributed by atoms with van der Waals surface area (Å²) in [6, 6.07) is 3.23. The summed E-state index contributed by atoms with van der Waals surface area (Å²) < 4.78 is 39.7. The maximum Gasteiger partial charge on any atom is 0.242 e. The molecule has 0 aliphatic rings. The molecule has 0 unspecified atom stereocenters. The van der Waals surface area contributed by atoms with E-state index >= 15 is 0 Å². The van der Waals surface area contributed by atoms with Crippen LogP contribution < -0.4 is 10.5 Å². The lowest BCUT2D eigenvalue weighted by Crippen LogP contribution is -2.45. The second kappa shape index (κ2) is 5.56. The van der Waals surface area contributed by atoms with Crippen molar-refractivity contribution in [1.29, 1.82) is 0 Å². The van der Waals surface area contributed by atoms with E-state index in [1.807, 2.05) is 0 Å². The number of rotatable bonds is 5. The molecule has 1 aromatic carbocycles. The number of carbonyl (C=O) groups is 1. The second-order valence-corrected chi connectivity index (χ2v) is 7.21. The maximum atomic E-state index is 12.9. The van der Waals surface area contributed by atoms with Crippen molar-refractivity contribution in [1.82, 2.24) is 4.72 Å². The molecule has 0 spiro atoms. The Morgan fingerprint density at radius 2 is 2.05 bits per heavy atom. The van der Waals surface area contributed by atoms with Gasteiger partial charge < -0.3 is 5.73 Å². The fourth-order valence-electron chi connectivity index (χ4n) is 1.58. The number of hydrogen-bond donors (Lipinski definition) is 2. The molecule has 106 valence electrons. The smallest absolute Gasteiger partial charge is 0.242 e. The molecule has 1 amide bonds. The first kappa shape index (κ1) is 16.1. The van der Waals surface area contributed by atoms with Crippen molar-refractivity contribution in [3.63, 3.8) is 0 Å². The summed E-state index contributed by atoms with van der Waals surface area (Å²) in [4.78, 5) is 10.8. The van der Waals surface area contributed by atoms with E-state index in [-0.39, 0.29) is 15.8 Å². The number of carbonyl (C=O) groups excluding carboxylic acids is 1. The first-order chi connectivity index (χ1) is 8.53. The predicted molar refractivity (Wildman–Crippen MR) is 72.3 cm³/mol. The first-order valence-corrected chi connectivity index (χ1v) is 7.58. The number of hydrogen-bond acceptors (Lipinski definition) is 3. The lowest BCUT2D eigenvalue weighted by Gasteiger charge is -2.24. The molecule has 1 aromatic rings. The van der Waals surface area contributed by atoms with Crippen molar-refractivity contribution < 1.29 is 17.6 Å². The molecule has 0 saturated heterocycles. The third-order valence-electron chi connectivity index (χ3n) is 2.21. The van der Waals surface area contributed by atoms with Crippen LogP contribution in [0.5, 0.6) is 0 Å². The Balaban J connectivity index is 3.08. The first-order valence-electron chi connectivity index (χ1n) is 5.31. The van der Waals surface area contributed by atoms with Gasteiger partial charge in [0.1, 0.15) is 5.82 Å². The van der Waals surface area contributed by atoms with Gasteiger partial charge in [-0.2, -0.15) is 0 Å². The van der Waals surface area contributed by atoms with Gasteiger partial charge in [0.2, 0.25) is 15.9 Å². The zero-order valence-electron chi connectivity index (χ0n) is 10.4. The summed E-state index contributed by atoms with van der Waals surface area (Å²) in [7, 11) is -3.88. The van der Waals surface area contributed by atoms with Gasteiger partial charge in [0.15, 0.2) is 0 Å². The van der Waals surface area contributed by atoms with Gasteiger partial charge >= 0.3 is 0 Å². The molecular weight excluding hydrogens is 339 g/mol. The number of amides is 1. The molecule has 0 aromatic heterocycles. The minimum atomic E-state index is -3.88. The SMILES string of the molecule is CC(C)(CC(N)=O)NS(=O)(=O)c1ccc(F)cc1Br. The minimum Gasteiger partial charge on any atom is -0.370 e. The van der Waals surface area contributed by atoms with Crippen LogP contribution >= 0.6 is 15.9 Å². The van der Waals surface area contributed by atoms with Crippen LogP contribution in [0.3, 0.4) is 0 Å². The van der Waals surface area contributed by atoms with Crippen LogP contribution in [0.4, 0.5) is 4.39 Å². The predicted octanol–water partition coefficient (Wildman–Crippen LogP) is 1.52. The topological polar surface area (TPSA) is 89.3 Å². The Morgan fingerprint density at radius 1 is 1.47 bits per heavy atom. The summed E-state index contributed by atoms with van der Waals surface area (Å²) in [5.41, 5.74) is 4.02. The third-order valence-corrected chi connectivity index (χ3v) is 4.89. The molecule has 0 aliphatic carbocycles. The van der Waals surface area contributed by atoms with Crippen LogP contribution in [0.1, 0.15) is 20.3 Å². The Morgan fingerprint density at radius 3 is 2.53 bits per heavy atom. The van der Waals surface area contributed by atoms with Crippen molar-refractivity contribution in [2.75, 3.05) is 0 Å². The Kier molecular flexibility index (Phi) is 4.70. The molecule has 0 aliphatic heterocycles. The van der Waals surface area contributed by atoms with Gasteiger partial charge in [0.25, 0.3) is 0 Å². The van der Waals surface area contributed by atoms with Crippen molar-refractivity contribution in [3.05, 3.63) is 28.5 Å². The number of nitrogens with one attached hydrogen (secondary N) is 1. The highest BCUT2D eigenvalue weighted by Gasteiger charge is 2.29. The van der Waals surface area contributed by atoms with E-state index < -0.39 is 27.3 Å². The highest BCUT2D eigenvalue weighted by Crippen LogP contribution is 2.24. The zero-order valence-corrected chi connectivity index (χ0v) is 12.8. The lowest BCUT2D eigenvalue weighted by molar-refractivity contribution is -0.119. The van der Waals surface area contributed by atoms with E-state index in [9.17, 15) is 17.6 Å². The summed E-state index contributed by atoms with van der Waals surface area (Å²) >= 11 is 2.99. The fraction of sp³-hybridized carbons (Fsp3) is 0.364. The molecular formula is C11H14BrFN2O3S. The van der Waals surface area contributed by atoms with Gasteiger partial charge in [0, 0.05) is 16.4 Å². The number of benzene rings is 1. The average Bonchev–Trinajstić information content (AvgIpc) is 2.11. The summed E-state index contributed by atoms with van der Waals surface area (Å²) in [6.45, 7) is 3.07.